The van der Waals surface area contributed by atoms with Crippen molar-refractivity contribution in [1.82, 2.24) is 10.3 Å². The third-order valence-electron chi connectivity index (χ3n) is 4.47. The van der Waals surface area contributed by atoms with E-state index in [0.29, 0.717) is 36.9 Å². The molecule has 1 aliphatic heterocycles. The second kappa shape index (κ2) is 7.94. The largest absolute Gasteiger partial charge is 0.377 e. The Kier molecular flexibility index (Phi) is 5.22. The predicted molar refractivity (Wildman–Crippen MR) is 95.8 cm³/mol. The van der Waals surface area contributed by atoms with Crippen LogP contribution in [0.25, 0.3) is 0 Å². The van der Waals surface area contributed by atoms with Crippen molar-refractivity contribution >= 4 is 23.6 Å². The minimum atomic E-state index is -0.239. The Morgan fingerprint density at radius 1 is 1.41 bits per heavy atom. The number of nitrogens with one attached hydrogen (secondary N) is 1. The maximum Gasteiger partial charge on any atom is 0.305 e. The topological polar surface area (TPSA) is 108 Å². The number of morpholine rings is 1. The summed E-state index contributed by atoms with van der Waals surface area (Å²) in [5.41, 5.74) is 2.71. The van der Waals surface area contributed by atoms with Crippen LogP contribution in [0.1, 0.15) is 23.2 Å². The number of thioether (sulfide) groups is 1. The maximum atomic E-state index is 12.2. The van der Waals surface area contributed by atoms with Gasteiger partial charge in [-0.15, -0.1) is 5.01 Å². The van der Waals surface area contributed by atoms with Gasteiger partial charge in [-0.05, 0) is 30.9 Å². The Morgan fingerprint density at radius 3 is 3.07 bits per heavy atom. The van der Waals surface area contributed by atoms with Crippen LogP contribution in [-0.4, -0.2) is 48.2 Å². The van der Waals surface area contributed by atoms with Crippen LogP contribution in [-0.2, 0) is 22.4 Å². The molecule has 1 aliphatic carbocycles. The van der Waals surface area contributed by atoms with E-state index in [0.717, 1.165) is 30.5 Å². The highest BCUT2D eigenvalue weighted by Crippen LogP contribution is 2.27. The lowest BCUT2D eigenvalue weighted by molar-refractivity contribution is -0.759. The van der Waals surface area contributed by atoms with Crippen molar-refractivity contribution in [2.24, 2.45) is 0 Å². The van der Waals surface area contributed by atoms with Gasteiger partial charge in [-0.25, -0.2) is 4.98 Å². The van der Waals surface area contributed by atoms with Crippen molar-refractivity contribution < 1.29 is 18.8 Å². The van der Waals surface area contributed by atoms with E-state index in [1.54, 1.807) is 11.0 Å². The summed E-state index contributed by atoms with van der Waals surface area (Å²) in [6, 6.07) is 4.08. The van der Waals surface area contributed by atoms with E-state index >= 15 is 0 Å². The summed E-state index contributed by atoms with van der Waals surface area (Å²) in [5, 5.41) is 18.5. The number of amides is 1. The average molecular weight is 387 g/mol. The molecule has 0 saturated carbocycles. The standard InChI is InChI=1S/C17H18N6O3S/c18-9-13-8-12-2-1-3-14(12)19-17(13)27-11-15(24)20-16-10-23(21-26-16)22-4-6-25-7-5-22/h8,10H,1-7,11H2/p+1. The number of fused-ring (bicyclic) bond motifs is 1. The Balaban J connectivity index is 1.35. The van der Waals surface area contributed by atoms with Gasteiger partial charge >= 0.3 is 5.88 Å². The fourth-order valence-corrected chi connectivity index (χ4v) is 3.91. The maximum absolute atomic E-state index is 12.2. The highest BCUT2D eigenvalue weighted by molar-refractivity contribution is 8.00. The fourth-order valence-electron chi connectivity index (χ4n) is 3.14. The highest BCUT2D eigenvalue weighted by Gasteiger charge is 2.24. The Morgan fingerprint density at radius 2 is 2.26 bits per heavy atom. The molecule has 10 heteroatoms. The summed E-state index contributed by atoms with van der Waals surface area (Å²) < 4.78 is 10.5. The molecule has 0 spiro atoms. The number of nitrogens with zero attached hydrogens (tertiary/aromatic N) is 5. The van der Waals surface area contributed by atoms with E-state index in [9.17, 15) is 10.1 Å². The Bertz CT molecular complexity index is 887. The minimum Gasteiger partial charge on any atom is -0.377 e. The summed E-state index contributed by atoms with van der Waals surface area (Å²) in [7, 11) is 0. The van der Waals surface area contributed by atoms with Gasteiger partial charge in [0.2, 0.25) is 11.2 Å². The number of anilines is 1. The number of nitriles is 1. The van der Waals surface area contributed by atoms with Gasteiger partial charge in [0.15, 0.2) is 0 Å². The fraction of sp³-hybridized carbons (Fsp3) is 0.471. The van der Waals surface area contributed by atoms with Crippen molar-refractivity contribution in [3.05, 3.63) is 29.1 Å². The van der Waals surface area contributed by atoms with Crippen molar-refractivity contribution in [2.45, 2.75) is 24.3 Å². The first kappa shape index (κ1) is 17.8. The SMILES string of the molecule is N#Cc1cc2c(nc1SCC(=O)Nc1c[n+](N3CCOCC3)no1)CCC2. The molecule has 4 rings (SSSR count). The lowest BCUT2D eigenvalue weighted by Crippen LogP contribution is -2.62. The van der Waals surface area contributed by atoms with Crippen LogP contribution in [0.15, 0.2) is 21.8 Å². The van der Waals surface area contributed by atoms with Gasteiger partial charge in [0.25, 0.3) is 6.20 Å². The van der Waals surface area contributed by atoms with Gasteiger partial charge in [-0.2, -0.15) is 5.26 Å². The molecule has 1 saturated heterocycles. The number of carbonyl (C=O) groups is 1. The van der Waals surface area contributed by atoms with E-state index < -0.39 is 0 Å². The molecule has 27 heavy (non-hydrogen) atoms. The quantitative estimate of drug-likeness (QED) is 0.581. The van der Waals surface area contributed by atoms with Gasteiger partial charge in [-0.1, -0.05) is 11.8 Å². The van der Waals surface area contributed by atoms with Gasteiger partial charge < -0.3 is 4.74 Å². The van der Waals surface area contributed by atoms with Crippen molar-refractivity contribution in [3.8, 4) is 6.07 Å². The van der Waals surface area contributed by atoms with Crippen LogP contribution in [0.2, 0.25) is 0 Å². The zero-order chi connectivity index (χ0) is 18.6. The number of aryl methyl sites for hydroxylation is 2. The van der Waals surface area contributed by atoms with Gasteiger partial charge in [0, 0.05) is 5.69 Å². The zero-order valence-corrected chi connectivity index (χ0v) is 15.5. The number of ether oxygens (including phenoxy) is 1. The Hall–Kier alpha value is -2.64. The number of aromatic nitrogens is 3. The molecule has 0 radical (unpaired) electrons. The van der Waals surface area contributed by atoms with Crippen molar-refractivity contribution in [2.75, 3.05) is 42.4 Å². The van der Waals surface area contributed by atoms with Crippen LogP contribution in [0.4, 0.5) is 5.88 Å². The van der Waals surface area contributed by atoms with Gasteiger partial charge in [0.1, 0.15) is 11.1 Å². The minimum absolute atomic E-state index is 0.138. The first-order chi connectivity index (χ1) is 13.2. The van der Waals surface area contributed by atoms with E-state index in [1.165, 1.54) is 11.8 Å². The van der Waals surface area contributed by atoms with Gasteiger partial charge in [0.05, 0.1) is 42.4 Å². The van der Waals surface area contributed by atoms with Crippen LogP contribution in [0, 0.1) is 11.3 Å². The number of hydrogen-bond acceptors (Lipinski definition) is 8. The second-order valence-corrected chi connectivity index (χ2v) is 7.27. The van der Waals surface area contributed by atoms with Crippen LogP contribution < -0.4 is 15.1 Å². The molecule has 0 unspecified atom stereocenters. The molecule has 0 aromatic carbocycles. The lowest BCUT2D eigenvalue weighted by Gasteiger charge is -2.18. The summed E-state index contributed by atoms with van der Waals surface area (Å²) in [6.07, 6.45) is 4.59. The number of hydrogen-bond donors (Lipinski definition) is 1. The normalized spacial score (nSPS) is 16.0. The van der Waals surface area contributed by atoms with E-state index in [2.05, 4.69) is 21.6 Å². The summed E-state index contributed by atoms with van der Waals surface area (Å²) in [4.78, 5) is 18.4. The van der Waals surface area contributed by atoms with E-state index in [1.807, 2.05) is 11.1 Å². The molecule has 2 aromatic rings. The third kappa shape index (κ3) is 4.04. The smallest absolute Gasteiger partial charge is 0.305 e. The molecular formula is C17H19N6O3S+. The van der Waals surface area contributed by atoms with E-state index in [4.69, 9.17) is 9.26 Å². The van der Waals surface area contributed by atoms with Gasteiger partial charge in [-0.3, -0.25) is 14.6 Å². The Labute approximate surface area is 160 Å². The molecule has 0 bridgehead atoms. The molecule has 2 aliphatic rings. The molecule has 1 amide bonds. The van der Waals surface area contributed by atoms with Crippen LogP contribution in [0.3, 0.4) is 0 Å². The molecular weight excluding hydrogens is 368 g/mol. The number of rotatable bonds is 5. The van der Waals surface area contributed by atoms with Crippen molar-refractivity contribution in [1.29, 1.82) is 5.26 Å². The van der Waals surface area contributed by atoms with Crippen LogP contribution in [0.5, 0.6) is 0 Å². The van der Waals surface area contributed by atoms with Crippen LogP contribution >= 0.6 is 11.8 Å². The molecule has 9 nitrogen and oxygen atoms in total. The number of carbonyl (C=O) groups excluding carboxylic acids is 1. The monoisotopic (exact) mass is 387 g/mol. The first-order valence-corrected chi connectivity index (χ1v) is 9.78. The van der Waals surface area contributed by atoms with E-state index in [-0.39, 0.29) is 17.5 Å². The lowest BCUT2D eigenvalue weighted by atomic mass is 10.2. The first-order valence-electron chi connectivity index (χ1n) is 8.80. The molecule has 0 atom stereocenters. The van der Waals surface area contributed by atoms with Crippen molar-refractivity contribution in [3.63, 3.8) is 0 Å². The molecule has 2 aromatic heterocycles. The molecule has 1 N–H and O–H groups in total. The summed E-state index contributed by atoms with van der Waals surface area (Å²) in [5.74, 6) is 0.171. The zero-order valence-electron chi connectivity index (χ0n) is 14.7. The summed E-state index contributed by atoms with van der Waals surface area (Å²) >= 11 is 1.26. The average Bonchev–Trinajstić information content (AvgIpc) is 3.35. The number of pyridine rings is 1. The highest BCUT2D eigenvalue weighted by atomic mass is 32.2. The molecule has 3 heterocycles. The molecule has 1 fully saturated rings. The third-order valence-corrected chi connectivity index (χ3v) is 5.46. The predicted octanol–water partition coefficient (Wildman–Crippen LogP) is 0.416. The molecule has 140 valence electrons. The second-order valence-electron chi connectivity index (χ2n) is 6.30. The summed E-state index contributed by atoms with van der Waals surface area (Å²) in [6.45, 7) is 2.68.